The first-order chi connectivity index (χ1) is 11.2. The lowest BCUT2D eigenvalue weighted by Crippen LogP contribution is -2.07. The Bertz CT molecular complexity index is 685. The number of nitrogens with zero attached hydrogens (tertiary/aromatic N) is 2. The van der Waals surface area contributed by atoms with Crippen LogP contribution in [0.25, 0.3) is 5.69 Å². The van der Waals surface area contributed by atoms with Gasteiger partial charge in [-0.25, -0.2) is 4.68 Å². The molecule has 0 spiro atoms. The Labute approximate surface area is 146 Å². The maximum atomic E-state index is 6.40. The van der Waals surface area contributed by atoms with Crippen molar-refractivity contribution in [3.63, 3.8) is 0 Å². The molecule has 1 aromatic heterocycles. The lowest BCUT2D eigenvalue weighted by Gasteiger charge is -2.11. The van der Waals surface area contributed by atoms with Gasteiger partial charge in [0.1, 0.15) is 5.82 Å². The van der Waals surface area contributed by atoms with Crippen LogP contribution in [0.1, 0.15) is 31.0 Å². The summed E-state index contributed by atoms with van der Waals surface area (Å²) in [5.41, 5.74) is 3.17. The van der Waals surface area contributed by atoms with Crippen LogP contribution in [-0.4, -0.2) is 29.5 Å². The van der Waals surface area contributed by atoms with E-state index in [1.165, 1.54) is 5.56 Å². The fourth-order valence-electron chi connectivity index (χ4n) is 2.92. The van der Waals surface area contributed by atoms with Crippen molar-refractivity contribution in [1.29, 1.82) is 0 Å². The number of aromatic nitrogens is 2. The summed E-state index contributed by atoms with van der Waals surface area (Å²) < 4.78 is 7.40. The molecule has 2 heterocycles. The van der Waals surface area contributed by atoms with Gasteiger partial charge < -0.3 is 10.1 Å². The molecule has 124 valence electrons. The number of fused-ring (bicyclic) bond motifs is 1. The number of anilines is 1. The molecular formula is C17H21Cl2N3O. The van der Waals surface area contributed by atoms with Gasteiger partial charge in [0.25, 0.3) is 0 Å². The van der Waals surface area contributed by atoms with Gasteiger partial charge in [0.15, 0.2) is 0 Å². The number of halogens is 2. The Morgan fingerprint density at radius 1 is 1.30 bits per heavy atom. The SMILES string of the molecule is CCOCCc1nn(-c2cccc(Cl)c2Cl)c2c1CCCCN2. The lowest BCUT2D eigenvalue weighted by atomic mass is 10.1. The maximum absolute atomic E-state index is 6.40. The molecule has 0 amide bonds. The molecule has 1 aliphatic rings. The molecule has 2 aromatic rings. The highest BCUT2D eigenvalue weighted by Gasteiger charge is 2.21. The van der Waals surface area contributed by atoms with Crippen LogP contribution >= 0.6 is 23.2 Å². The van der Waals surface area contributed by atoms with Crippen LogP contribution < -0.4 is 5.32 Å². The predicted octanol–water partition coefficient (Wildman–Crippen LogP) is 4.51. The Morgan fingerprint density at radius 3 is 3.00 bits per heavy atom. The Morgan fingerprint density at radius 2 is 2.17 bits per heavy atom. The number of nitrogens with one attached hydrogen (secondary N) is 1. The average Bonchev–Trinajstić information content (AvgIpc) is 2.73. The minimum atomic E-state index is 0.530. The first-order valence-corrected chi connectivity index (χ1v) is 8.84. The molecule has 0 aliphatic carbocycles. The molecule has 1 aliphatic heterocycles. The fraction of sp³-hybridized carbons (Fsp3) is 0.471. The summed E-state index contributed by atoms with van der Waals surface area (Å²) in [7, 11) is 0. The molecule has 6 heteroatoms. The normalized spacial score (nSPS) is 14.2. The Kier molecular flexibility index (Phi) is 5.46. The minimum Gasteiger partial charge on any atom is -0.381 e. The van der Waals surface area contributed by atoms with Crippen molar-refractivity contribution < 1.29 is 4.74 Å². The third-order valence-electron chi connectivity index (χ3n) is 4.06. The topological polar surface area (TPSA) is 39.1 Å². The van der Waals surface area contributed by atoms with Crippen LogP contribution in [0.2, 0.25) is 10.0 Å². The molecule has 3 rings (SSSR count). The van der Waals surface area contributed by atoms with Crippen molar-refractivity contribution >= 4 is 29.0 Å². The summed E-state index contributed by atoms with van der Waals surface area (Å²) >= 11 is 12.6. The number of ether oxygens (including phenoxy) is 1. The lowest BCUT2D eigenvalue weighted by molar-refractivity contribution is 0.150. The third kappa shape index (κ3) is 3.49. The van der Waals surface area contributed by atoms with E-state index in [1.807, 2.05) is 23.7 Å². The molecule has 0 radical (unpaired) electrons. The van der Waals surface area contributed by atoms with E-state index in [0.29, 0.717) is 16.7 Å². The second-order valence-corrected chi connectivity index (χ2v) is 6.37. The van der Waals surface area contributed by atoms with Gasteiger partial charge in [-0.15, -0.1) is 0 Å². The van der Waals surface area contributed by atoms with Crippen LogP contribution in [0.4, 0.5) is 5.82 Å². The quantitative estimate of drug-likeness (QED) is 0.804. The number of hydrogen-bond donors (Lipinski definition) is 1. The molecule has 0 unspecified atom stereocenters. The molecule has 1 N–H and O–H groups in total. The van der Waals surface area contributed by atoms with E-state index in [-0.39, 0.29) is 0 Å². The van der Waals surface area contributed by atoms with Crippen LogP contribution in [0.15, 0.2) is 18.2 Å². The van der Waals surface area contributed by atoms with Crippen LogP contribution in [-0.2, 0) is 17.6 Å². The van der Waals surface area contributed by atoms with Crippen LogP contribution in [0, 0.1) is 0 Å². The summed E-state index contributed by atoms with van der Waals surface area (Å²) in [6.07, 6.45) is 4.16. The van der Waals surface area contributed by atoms with Crippen molar-refractivity contribution in [2.45, 2.75) is 32.6 Å². The molecule has 0 saturated heterocycles. The van der Waals surface area contributed by atoms with E-state index in [1.54, 1.807) is 6.07 Å². The van der Waals surface area contributed by atoms with Crippen molar-refractivity contribution in [2.24, 2.45) is 0 Å². The van der Waals surface area contributed by atoms with Gasteiger partial charge in [0.05, 0.1) is 28.0 Å². The highest BCUT2D eigenvalue weighted by Crippen LogP contribution is 2.33. The first-order valence-electron chi connectivity index (χ1n) is 8.09. The second-order valence-electron chi connectivity index (χ2n) is 5.59. The predicted molar refractivity (Wildman–Crippen MR) is 95.2 cm³/mol. The van der Waals surface area contributed by atoms with Gasteiger partial charge in [-0.2, -0.15) is 5.10 Å². The van der Waals surface area contributed by atoms with Crippen molar-refractivity contribution in [3.05, 3.63) is 39.5 Å². The van der Waals surface area contributed by atoms with Crippen molar-refractivity contribution in [3.8, 4) is 5.69 Å². The summed E-state index contributed by atoms with van der Waals surface area (Å²) in [5.74, 6) is 1.04. The first kappa shape index (κ1) is 16.6. The minimum absolute atomic E-state index is 0.530. The summed E-state index contributed by atoms with van der Waals surface area (Å²) in [4.78, 5) is 0. The largest absolute Gasteiger partial charge is 0.381 e. The van der Waals surface area contributed by atoms with Gasteiger partial charge in [0.2, 0.25) is 0 Å². The van der Waals surface area contributed by atoms with E-state index in [4.69, 9.17) is 33.0 Å². The number of benzene rings is 1. The highest BCUT2D eigenvalue weighted by atomic mass is 35.5. The zero-order valence-electron chi connectivity index (χ0n) is 13.2. The van der Waals surface area contributed by atoms with Gasteiger partial charge in [-0.1, -0.05) is 29.3 Å². The summed E-state index contributed by atoms with van der Waals surface area (Å²) in [5, 5.41) is 9.39. The zero-order chi connectivity index (χ0) is 16.2. The molecular weight excluding hydrogens is 333 g/mol. The second kappa shape index (κ2) is 7.56. The number of rotatable bonds is 5. The van der Waals surface area contributed by atoms with Gasteiger partial charge in [0, 0.05) is 25.1 Å². The van der Waals surface area contributed by atoms with Gasteiger partial charge in [-0.05, 0) is 38.3 Å². The summed E-state index contributed by atoms with van der Waals surface area (Å²) in [6.45, 7) is 4.36. The Balaban J connectivity index is 2.04. The van der Waals surface area contributed by atoms with Gasteiger partial charge in [-0.3, -0.25) is 0 Å². The smallest absolute Gasteiger partial charge is 0.133 e. The average molecular weight is 354 g/mol. The summed E-state index contributed by atoms with van der Waals surface area (Å²) in [6, 6.07) is 5.63. The third-order valence-corrected chi connectivity index (χ3v) is 4.87. The van der Waals surface area contributed by atoms with E-state index in [0.717, 1.165) is 56.0 Å². The molecule has 0 fully saturated rings. The van der Waals surface area contributed by atoms with Gasteiger partial charge >= 0.3 is 0 Å². The Hall–Kier alpha value is -1.23. The van der Waals surface area contributed by atoms with Crippen molar-refractivity contribution in [1.82, 2.24) is 9.78 Å². The number of hydrogen-bond acceptors (Lipinski definition) is 3. The maximum Gasteiger partial charge on any atom is 0.133 e. The fourth-order valence-corrected chi connectivity index (χ4v) is 3.29. The van der Waals surface area contributed by atoms with Crippen LogP contribution in [0.5, 0.6) is 0 Å². The molecule has 1 aromatic carbocycles. The molecule has 0 atom stereocenters. The van der Waals surface area contributed by atoms with Crippen LogP contribution in [0.3, 0.4) is 0 Å². The molecule has 0 saturated carbocycles. The highest BCUT2D eigenvalue weighted by molar-refractivity contribution is 6.43. The molecule has 4 nitrogen and oxygen atoms in total. The van der Waals surface area contributed by atoms with E-state index in [2.05, 4.69) is 5.32 Å². The van der Waals surface area contributed by atoms with E-state index < -0.39 is 0 Å². The van der Waals surface area contributed by atoms with E-state index >= 15 is 0 Å². The zero-order valence-corrected chi connectivity index (χ0v) is 14.8. The monoisotopic (exact) mass is 353 g/mol. The molecule has 0 bridgehead atoms. The van der Waals surface area contributed by atoms with Crippen molar-refractivity contribution in [2.75, 3.05) is 25.1 Å². The van der Waals surface area contributed by atoms with E-state index in [9.17, 15) is 0 Å². The molecule has 23 heavy (non-hydrogen) atoms. The standard InChI is InChI=1S/C17H21Cl2N3O/c1-2-23-11-9-14-12-6-3-4-10-20-17(12)22(21-14)15-8-5-7-13(18)16(15)19/h5,7-8,20H,2-4,6,9-11H2,1H3.